The lowest BCUT2D eigenvalue weighted by molar-refractivity contribution is -0.137. The van der Waals surface area contributed by atoms with Gasteiger partial charge in [0.15, 0.2) is 5.69 Å². The number of carbonyl (C=O) groups excluding carboxylic acids is 2. The number of esters is 1. The summed E-state index contributed by atoms with van der Waals surface area (Å²) in [5, 5.41) is 4.53. The Morgan fingerprint density at radius 3 is 2.68 bits per heavy atom. The van der Waals surface area contributed by atoms with E-state index in [1.165, 1.54) is 33.7 Å². The van der Waals surface area contributed by atoms with Gasteiger partial charge in [0.1, 0.15) is 5.01 Å². The number of nitrogens with zero attached hydrogens (tertiary/aromatic N) is 2. The van der Waals surface area contributed by atoms with Crippen molar-refractivity contribution in [1.29, 1.82) is 0 Å². The van der Waals surface area contributed by atoms with Crippen LogP contribution in [0.3, 0.4) is 0 Å². The van der Waals surface area contributed by atoms with Gasteiger partial charge in [-0.3, -0.25) is 0 Å². The number of amides is 2. The third-order valence-corrected chi connectivity index (χ3v) is 4.85. The predicted octanol–water partition coefficient (Wildman–Crippen LogP) is 4.80. The van der Waals surface area contributed by atoms with E-state index in [1.807, 2.05) is 6.92 Å². The smallest absolute Gasteiger partial charge is 0.416 e. The Morgan fingerprint density at radius 1 is 1.23 bits per heavy atom. The van der Waals surface area contributed by atoms with E-state index >= 15 is 0 Å². The molecule has 0 radical (unpaired) electrons. The second-order valence-electron chi connectivity index (χ2n) is 6.33. The van der Waals surface area contributed by atoms with Gasteiger partial charge in [0.05, 0.1) is 18.7 Å². The van der Waals surface area contributed by atoms with E-state index in [-0.39, 0.29) is 24.5 Å². The SMILES string of the molecule is CCOCCCN(Cc1nc(C(=O)OCC)cs1)C(=O)Nc1cccc(C(F)(F)F)c1. The first-order valence-electron chi connectivity index (χ1n) is 9.67. The van der Waals surface area contributed by atoms with Crippen LogP contribution in [-0.4, -0.2) is 48.2 Å². The van der Waals surface area contributed by atoms with Crippen LogP contribution >= 0.6 is 11.3 Å². The van der Waals surface area contributed by atoms with E-state index in [0.29, 0.717) is 31.2 Å². The molecule has 2 aromatic rings. The van der Waals surface area contributed by atoms with Crippen LogP contribution in [-0.2, 0) is 22.2 Å². The Hall–Kier alpha value is -2.66. The van der Waals surface area contributed by atoms with Gasteiger partial charge in [-0.05, 0) is 38.5 Å². The maximum atomic E-state index is 12.9. The van der Waals surface area contributed by atoms with E-state index in [4.69, 9.17) is 9.47 Å². The van der Waals surface area contributed by atoms with Crippen LogP contribution in [0.2, 0.25) is 0 Å². The minimum Gasteiger partial charge on any atom is -0.461 e. The molecule has 0 aliphatic heterocycles. The zero-order valence-electron chi connectivity index (χ0n) is 17.2. The Balaban J connectivity index is 2.11. The van der Waals surface area contributed by atoms with Crippen molar-refractivity contribution in [3.8, 4) is 0 Å². The van der Waals surface area contributed by atoms with Gasteiger partial charge in [0.2, 0.25) is 0 Å². The molecule has 1 N–H and O–H groups in total. The topological polar surface area (TPSA) is 80.8 Å². The number of rotatable bonds is 10. The summed E-state index contributed by atoms with van der Waals surface area (Å²) < 4.78 is 49.0. The maximum absolute atomic E-state index is 12.9. The van der Waals surface area contributed by atoms with Crippen LogP contribution in [0.4, 0.5) is 23.7 Å². The lowest BCUT2D eigenvalue weighted by Crippen LogP contribution is -2.35. The van der Waals surface area contributed by atoms with E-state index in [1.54, 1.807) is 6.92 Å². The zero-order chi connectivity index (χ0) is 22.9. The van der Waals surface area contributed by atoms with Crippen LogP contribution in [0, 0.1) is 0 Å². The Morgan fingerprint density at radius 2 is 2.00 bits per heavy atom. The van der Waals surface area contributed by atoms with Crippen LogP contribution in [0.15, 0.2) is 29.6 Å². The van der Waals surface area contributed by atoms with Crippen LogP contribution in [0.5, 0.6) is 0 Å². The average molecular weight is 459 g/mol. The molecule has 1 aromatic heterocycles. The number of halogens is 3. The van der Waals surface area contributed by atoms with Gasteiger partial charge in [-0.1, -0.05) is 6.07 Å². The Labute approximate surface area is 182 Å². The number of hydrogen-bond acceptors (Lipinski definition) is 6. The molecule has 0 spiro atoms. The number of alkyl halides is 3. The number of nitrogens with one attached hydrogen (secondary N) is 1. The number of thiazole rings is 1. The lowest BCUT2D eigenvalue weighted by atomic mass is 10.2. The summed E-state index contributed by atoms with van der Waals surface area (Å²) in [6, 6.07) is 3.84. The first kappa shape index (κ1) is 24.6. The van der Waals surface area contributed by atoms with Crippen LogP contribution < -0.4 is 5.32 Å². The van der Waals surface area contributed by atoms with Gasteiger partial charge < -0.3 is 19.7 Å². The molecule has 0 saturated heterocycles. The van der Waals surface area contributed by atoms with Crippen LogP contribution in [0.1, 0.15) is 41.3 Å². The minimum absolute atomic E-state index is 0.0287. The van der Waals surface area contributed by atoms with Crippen molar-refractivity contribution < 1.29 is 32.2 Å². The summed E-state index contributed by atoms with van der Waals surface area (Å²) in [5.74, 6) is -0.554. The van der Waals surface area contributed by atoms with Crippen molar-refractivity contribution in [2.45, 2.75) is 33.0 Å². The molecule has 0 unspecified atom stereocenters. The van der Waals surface area contributed by atoms with Crippen molar-refractivity contribution in [3.63, 3.8) is 0 Å². The third kappa shape index (κ3) is 7.83. The molecule has 2 amide bonds. The van der Waals surface area contributed by atoms with E-state index < -0.39 is 23.7 Å². The quantitative estimate of drug-likeness (QED) is 0.408. The second-order valence-corrected chi connectivity index (χ2v) is 7.27. The van der Waals surface area contributed by atoms with E-state index in [2.05, 4.69) is 10.3 Å². The fraction of sp³-hybridized carbons (Fsp3) is 0.450. The van der Waals surface area contributed by atoms with Gasteiger partial charge in [-0.15, -0.1) is 11.3 Å². The lowest BCUT2D eigenvalue weighted by Gasteiger charge is -2.22. The number of anilines is 1. The number of urea groups is 1. The fourth-order valence-electron chi connectivity index (χ4n) is 2.58. The number of aromatic nitrogens is 1. The first-order valence-corrected chi connectivity index (χ1v) is 10.5. The molecule has 170 valence electrons. The van der Waals surface area contributed by atoms with Gasteiger partial charge in [-0.25, -0.2) is 14.6 Å². The average Bonchev–Trinajstić information content (AvgIpc) is 3.19. The molecule has 7 nitrogen and oxygen atoms in total. The standard InChI is InChI=1S/C20H24F3N3O4S/c1-3-29-10-6-9-26(12-17-25-16(13-31-17)18(27)30-4-2)19(28)24-15-8-5-7-14(11-15)20(21,22)23/h5,7-8,11,13H,3-4,6,9-10,12H2,1-2H3,(H,24,28). The van der Waals surface area contributed by atoms with Crippen molar-refractivity contribution in [2.75, 3.05) is 31.7 Å². The molecule has 2 rings (SSSR count). The summed E-state index contributed by atoms with van der Waals surface area (Å²) in [6.07, 6.45) is -3.98. The van der Waals surface area contributed by atoms with Gasteiger partial charge >= 0.3 is 18.2 Å². The Kier molecular flexibility index (Phi) is 9.25. The highest BCUT2D eigenvalue weighted by Crippen LogP contribution is 2.30. The normalized spacial score (nSPS) is 11.3. The van der Waals surface area contributed by atoms with Gasteiger partial charge in [0, 0.05) is 30.8 Å². The highest BCUT2D eigenvalue weighted by atomic mass is 32.1. The molecule has 0 aliphatic carbocycles. The molecular formula is C20H24F3N3O4S. The fourth-order valence-corrected chi connectivity index (χ4v) is 3.35. The highest BCUT2D eigenvalue weighted by molar-refractivity contribution is 7.09. The summed E-state index contributed by atoms with van der Waals surface area (Å²) >= 11 is 1.19. The highest BCUT2D eigenvalue weighted by Gasteiger charge is 2.30. The van der Waals surface area contributed by atoms with Crippen molar-refractivity contribution >= 4 is 29.0 Å². The molecule has 0 atom stereocenters. The summed E-state index contributed by atoms with van der Waals surface area (Å²) in [6.45, 7) is 5.09. The number of ether oxygens (including phenoxy) is 2. The molecule has 0 bridgehead atoms. The van der Waals surface area contributed by atoms with Crippen molar-refractivity contribution in [1.82, 2.24) is 9.88 Å². The number of benzene rings is 1. The number of hydrogen-bond donors (Lipinski definition) is 1. The molecule has 1 aromatic carbocycles. The molecule has 11 heteroatoms. The maximum Gasteiger partial charge on any atom is 0.416 e. The van der Waals surface area contributed by atoms with Crippen LogP contribution in [0.25, 0.3) is 0 Å². The predicted molar refractivity (Wildman–Crippen MR) is 110 cm³/mol. The van der Waals surface area contributed by atoms with Gasteiger partial charge in [-0.2, -0.15) is 13.2 Å². The minimum atomic E-state index is -4.51. The summed E-state index contributed by atoms with van der Waals surface area (Å²) in [5.41, 5.74) is -0.678. The van der Waals surface area contributed by atoms with E-state index in [9.17, 15) is 22.8 Å². The van der Waals surface area contributed by atoms with Crippen molar-refractivity contribution in [2.24, 2.45) is 0 Å². The number of carbonyl (C=O) groups is 2. The van der Waals surface area contributed by atoms with Crippen molar-refractivity contribution in [3.05, 3.63) is 45.9 Å². The molecule has 0 aliphatic rings. The Bertz CT molecular complexity index is 873. The first-order chi connectivity index (χ1) is 14.7. The summed E-state index contributed by atoms with van der Waals surface area (Å²) in [7, 11) is 0. The largest absolute Gasteiger partial charge is 0.461 e. The molecular weight excluding hydrogens is 435 g/mol. The molecule has 0 saturated carbocycles. The van der Waals surface area contributed by atoms with Gasteiger partial charge in [0.25, 0.3) is 0 Å². The zero-order valence-corrected chi connectivity index (χ0v) is 18.0. The second kappa shape index (κ2) is 11.7. The summed E-state index contributed by atoms with van der Waals surface area (Å²) in [4.78, 5) is 30.2. The third-order valence-electron chi connectivity index (χ3n) is 4.01. The molecule has 31 heavy (non-hydrogen) atoms. The monoisotopic (exact) mass is 459 g/mol. The van der Waals surface area contributed by atoms with E-state index in [0.717, 1.165) is 12.1 Å². The molecule has 0 fully saturated rings. The molecule has 1 heterocycles.